The van der Waals surface area contributed by atoms with E-state index in [0.29, 0.717) is 28.2 Å². The van der Waals surface area contributed by atoms with Gasteiger partial charge in [-0.2, -0.15) is 0 Å². The number of rotatable bonds is 4. The number of hydrogen-bond donors (Lipinski definition) is 1. The molecule has 4 fully saturated rings. The van der Waals surface area contributed by atoms with Gasteiger partial charge in [0.15, 0.2) is 29.4 Å². The number of aliphatic hydroxyl groups excluding tert-OH is 1. The lowest BCUT2D eigenvalue weighted by Gasteiger charge is -2.33. The molecule has 6 atom stereocenters. The Kier molecular flexibility index (Phi) is 5.54. The highest BCUT2D eigenvalue weighted by Gasteiger charge is 2.65. The number of anilines is 1. The zero-order valence-electron chi connectivity index (χ0n) is 20.1. The lowest BCUT2D eigenvalue weighted by atomic mass is 9.93. The van der Waals surface area contributed by atoms with E-state index in [2.05, 4.69) is 9.88 Å². The Morgan fingerprint density at radius 3 is 2.69 bits per heavy atom. The second-order valence-corrected chi connectivity index (χ2v) is 11.0. The maximum Gasteiger partial charge on any atom is 0.303 e. The summed E-state index contributed by atoms with van der Waals surface area (Å²) in [6.45, 7) is 6.62. The number of carbonyl (C=O) groups excluding carboxylic acids is 1. The first kappa shape index (κ1) is 23.4. The minimum absolute atomic E-state index is 0.0995. The molecule has 1 spiro atoms. The van der Waals surface area contributed by atoms with E-state index in [-0.39, 0.29) is 13.2 Å². The molecule has 0 bridgehead atoms. The molecule has 190 valence electrons. The molecule has 6 rings (SSSR count). The number of halogens is 1. The molecule has 4 aliphatic rings. The third-order valence-electron chi connectivity index (χ3n) is 7.95. The van der Waals surface area contributed by atoms with Gasteiger partial charge in [-0.3, -0.25) is 9.36 Å². The molecule has 3 saturated heterocycles. The summed E-state index contributed by atoms with van der Waals surface area (Å²) in [4.78, 5) is 23.8. The molecule has 0 aromatic carbocycles. The van der Waals surface area contributed by atoms with E-state index in [1.807, 2.05) is 6.07 Å². The number of ether oxygens (including phenoxy) is 4. The number of fused-ring (bicyclic) bond motifs is 2. The van der Waals surface area contributed by atoms with Crippen LogP contribution < -0.4 is 4.90 Å². The predicted molar refractivity (Wildman–Crippen MR) is 126 cm³/mol. The molecule has 0 amide bonds. The summed E-state index contributed by atoms with van der Waals surface area (Å²) in [6.07, 6.45) is 2.94. The minimum Gasteiger partial charge on any atom is -0.454 e. The SMILES string of the molecule is CC(=O)O[C@H]1[C@H](n2cnc3c(N4C[C@H]5CCC[C@H]5C4)cc(Cl)nc32)O[C@H](CO)C12COC(C)(C)O2. The highest BCUT2D eigenvalue weighted by Crippen LogP contribution is 2.49. The van der Waals surface area contributed by atoms with Crippen molar-refractivity contribution in [2.24, 2.45) is 11.8 Å². The largest absolute Gasteiger partial charge is 0.454 e. The van der Waals surface area contributed by atoms with Crippen LogP contribution in [-0.2, 0) is 23.7 Å². The molecule has 10 nitrogen and oxygen atoms in total. The molecular formula is C24H31ClN4O6. The van der Waals surface area contributed by atoms with E-state index < -0.39 is 35.8 Å². The zero-order valence-corrected chi connectivity index (χ0v) is 20.9. The first-order valence-corrected chi connectivity index (χ1v) is 12.6. The predicted octanol–water partition coefficient (Wildman–Crippen LogP) is 2.66. The molecule has 1 N–H and O–H groups in total. The molecule has 2 aromatic rings. The van der Waals surface area contributed by atoms with Gasteiger partial charge in [0.25, 0.3) is 0 Å². The Hall–Kier alpha value is -1.98. The molecule has 3 aliphatic heterocycles. The maximum atomic E-state index is 12.1. The van der Waals surface area contributed by atoms with Crippen LogP contribution in [-0.4, -0.2) is 75.5 Å². The second kappa shape index (κ2) is 8.27. The van der Waals surface area contributed by atoms with E-state index in [1.54, 1.807) is 24.7 Å². The van der Waals surface area contributed by atoms with Gasteiger partial charge < -0.3 is 29.0 Å². The van der Waals surface area contributed by atoms with Crippen molar-refractivity contribution in [1.29, 1.82) is 0 Å². The molecule has 1 saturated carbocycles. The highest BCUT2D eigenvalue weighted by atomic mass is 35.5. The van der Waals surface area contributed by atoms with Crippen LogP contribution in [0.5, 0.6) is 0 Å². The van der Waals surface area contributed by atoms with Crippen molar-refractivity contribution in [2.75, 3.05) is 31.2 Å². The molecular weight excluding hydrogens is 476 g/mol. The van der Waals surface area contributed by atoms with Gasteiger partial charge in [0, 0.05) is 26.1 Å². The van der Waals surface area contributed by atoms with Gasteiger partial charge in [0.1, 0.15) is 16.8 Å². The summed E-state index contributed by atoms with van der Waals surface area (Å²) in [7, 11) is 0. The molecule has 11 heteroatoms. The topological polar surface area (TPSA) is 108 Å². The Labute approximate surface area is 208 Å². The molecule has 1 aliphatic carbocycles. The number of nitrogens with zero attached hydrogens (tertiary/aromatic N) is 4. The van der Waals surface area contributed by atoms with Crippen molar-refractivity contribution in [1.82, 2.24) is 14.5 Å². The number of esters is 1. The molecule has 5 heterocycles. The van der Waals surface area contributed by atoms with E-state index in [9.17, 15) is 9.90 Å². The Bertz CT molecular complexity index is 1140. The monoisotopic (exact) mass is 506 g/mol. The van der Waals surface area contributed by atoms with E-state index in [4.69, 9.17) is 35.5 Å². The number of hydrogen-bond acceptors (Lipinski definition) is 9. The van der Waals surface area contributed by atoms with E-state index >= 15 is 0 Å². The Morgan fingerprint density at radius 1 is 1.31 bits per heavy atom. The second-order valence-electron chi connectivity index (χ2n) is 10.6. The quantitative estimate of drug-likeness (QED) is 0.494. The number of imidazole rings is 1. The fourth-order valence-corrected chi connectivity index (χ4v) is 6.63. The van der Waals surface area contributed by atoms with Gasteiger partial charge in [0.2, 0.25) is 0 Å². The van der Waals surface area contributed by atoms with Crippen molar-refractivity contribution < 1.29 is 28.8 Å². The van der Waals surface area contributed by atoms with Gasteiger partial charge >= 0.3 is 5.97 Å². The summed E-state index contributed by atoms with van der Waals surface area (Å²) < 4.78 is 25.9. The van der Waals surface area contributed by atoms with Gasteiger partial charge in [0.05, 0.1) is 25.2 Å². The van der Waals surface area contributed by atoms with Gasteiger partial charge in [-0.15, -0.1) is 0 Å². The lowest BCUT2D eigenvalue weighted by Crippen LogP contribution is -2.53. The third-order valence-corrected chi connectivity index (χ3v) is 8.14. The number of aromatic nitrogens is 3. The van der Waals surface area contributed by atoms with Crippen LogP contribution in [0.2, 0.25) is 5.15 Å². The third kappa shape index (κ3) is 3.72. The van der Waals surface area contributed by atoms with Crippen molar-refractivity contribution in [3.05, 3.63) is 17.5 Å². The van der Waals surface area contributed by atoms with E-state index in [1.165, 1.54) is 26.2 Å². The number of pyridine rings is 1. The smallest absolute Gasteiger partial charge is 0.303 e. The fraction of sp³-hybridized carbons (Fsp3) is 0.708. The highest BCUT2D eigenvalue weighted by molar-refractivity contribution is 6.30. The number of aliphatic hydroxyl groups is 1. The average Bonchev–Trinajstić information content (AvgIpc) is 3.57. The fourth-order valence-electron chi connectivity index (χ4n) is 6.45. The van der Waals surface area contributed by atoms with Crippen LogP contribution in [0.3, 0.4) is 0 Å². The molecule has 0 radical (unpaired) electrons. The van der Waals surface area contributed by atoms with Gasteiger partial charge in [-0.1, -0.05) is 18.0 Å². The van der Waals surface area contributed by atoms with Crippen molar-refractivity contribution in [2.45, 2.75) is 69.9 Å². The summed E-state index contributed by atoms with van der Waals surface area (Å²) >= 11 is 6.50. The number of carbonyl (C=O) groups is 1. The first-order chi connectivity index (χ1) is 16.7. The van der Waals surface area contributed by atoms with E-state index in [0.717, 1.165) is 18.8 Å². The normalized spacial score (nSPS) is 35.9. The molecule has 35 heavy (non-hydrogen) atoms. The average molecular weight is 507 g/mol. The summed E-state index contributed by atoms with van der Waals surface area (Å²) in [5.74, 6) is -0.00397. The maximum absolute atomic E-state index is 12.1. The van der Waals surface area contributed by atoms with Crippen LogP contribution in [0.15, 0.2) is 12.4 Å². The Balaban J connectivity index is 1.41. The van der Waals surface area contributed by atoms with Crippen LogP contribution in [0, 0.1) is 11.8 Å². The summed E-state index contributed by atoms with van der Waals surface area (Å²) in [5.41, 5.74) is 1.01. The molecule has 2 aromatic heterocycles. The summed E-state index contributed by atoms with van der Waals surface area (Å²) in [6, 6.07) is 1.87. The van der Waals surface area contributed by atoms with Crippen molar-refractivity contribution in [3.63, 3.8) is 0 Å². The Morgan fingerprint density at radius 2 is 2.06 bits per heavy atom. The van der Waals surface area contributed by atoms with Gasteiger partial charge in [-0.25, -0.2) is 9.97 Å². The summed E-state index contributed by atoms with van der Waals surface area (Å²) in [5, 5.41) is 10.5. The van der Waals surface area contributed by atoms with Gasteiger partial charge in [-0.05, 0) is 38.5 Å². The first-order valence-electron chi connectivity index (χ1n) is 12.3. The van der Waals surface area contributed by atoms with Crippen LogP contribution in [0.4, 0.5) is 5.69 Å². The minimum atomic E-state index is -1.18. The van der Waals surface area contributed by atoms with Crippen LogP contribution in [0.25, 0.3) is 11.2 Å². The lowest BCUT2D eigenvalue weighted by molar-refractivity contribution is -0.198. The van der Waals surface area contributed by atoms with Crippen molar-refractivity contribution >= 4 is 34.4 Å². The molecule has 1 unspecified atom stereocenters. The standard InChI is InChI=1S/C24H31ClN4O6/c1-13(31)33-20-22(34-17(10-30)24(20)11-32-23(2,3)35-24)29-12-26-19-16(7-18(25)27-21(19)29)28-8-14-5-4-6-15(14)9-28/h7,12,14-15,17,20,22,30H,4-6,8-11H2,1-3H3/t14-,15+,17-,20+,22-,24?/m1/s1. The van der Waals surface area contributed by atoms with Crippen LogP contribution in [0.1, 0.15) is 46.3 Å². The van der Waals surface area contributed by atoms with Crippen LogP contribution >= 0.6 is 11.6 Å². The zero-order chi connectivity index (χ0) is 24.5. The van der Waals surface area contributed by atoms with Crippen molar-refractivity contribution in [3.8, 4) is 0 Å².